The lowest BCUT2D eigenvalue weighted by Crippen LogP contribution is -1.99. The fraction of sp³-hybridized carbons (Fsp3) is 0.462. The van der Waals surface area contributed by atoms with Crippen LogP contribution in [0.25, 0.3) is 10.2 Å². The highest BCUT2D eigenvalue weighted by atomic mass is 32.1. The van der Waals surface area contributed by atoms with Crippen LogP contribution in [-0.2, 0) is 6.54 Å². The fourth-order valence-corrected chi connectivity index (χ4v) is 3.26. The number of nitrogens with zero attached hydrogens (tertiary/aromatic N) is 1. The largest absolute Gasteiger partial charge is 0.323 e. The Morgan fingerprint density at radius 3 is 2.81 bits per heavy atom. The number of rotatable bonds is 4. The average Bonchev–Trinajstić information content (AvgIpc) is 2.55. The van der Waals surface area contributed by atoms with E-state index >= 15 is 0 Å². The molecule has 0 saturated heterocycles. The van der Waals surface area contributed by atoms with Gasteiger partial charge in [-0.1, -0.05) is 26.0 Å². The second kappa shape index (κ2) is 5.11. The van der Waals surface area contributed by atoms with Gasteiger partial charge in [-0.05, 0) is 43.1 Å². The van der Waals surface area contributed by atoms with Gasteiger partial charge in [0, 0.05) is 6.54 Å². The lowest BCUT2D eigenvalue weighted by Gasteiger charge is -2.06. The van der Waals surface area contributed by atoms with E-state index in [-0.39, 0.29) is 0 Å². The van der Waals surface area contributed by atoms with Crippen molar-refractivity contribution in [3.63, 3.8) is 0 Å². The summed E-state index contributed by atoms with van der Waals surface area (Å²) in [6.07, 6.45) is 2.48. The van der Waals surface area contributed by atoms with Gasteiger partial charge in [-0.3, -0.25) is 0 Å². The van der Waals surface area contributed by atoms with Crippen molar-refractivity contribution in [3.8, 4) is 0 Å². The summed E-state index contributed by atoms with van der Waals surface area (Å²) in [5.41, 5.74) is 1.29. The van der Waals surface area contributed by atoms with Crippen molar-refractivity contribution < 1.29 is 0 Å². The van der Waals surface area contributed by atoms with E-state index < -0.39 is 0 Å². The van der Waals surface area contributed by atoms with Gasteiger partial charge < -0.3 is 4.57 Å². The molecule has 0 amide bonds. The second-order valence-corrected chi connectivity index (χ2v) is 6.20. The van der Waals surface area contributed by atoms with Crippen LogP contribution >= 0.6 is 23.6 Å². The molecule has 0 aliphatic heterocycles. The zero-order chi connectivity index (χ0) is 11.5. The van der Waals surface area contributed by atoms with E-state index in [1.807, 2.05) is 0 Å². The van der Waals surface area contributed by atoms with Crippen LogP contribution in [0.4, 0.5) is 0 Å². The van der Waals surface area contributed by atoms with Gasteiger partial charge in [0.2, 0.25) is 0 Å². The molecule has 1 aromatic carbocycles. The Kier molecular flexibility index (Phi) is 3.77. The Balaban J connectivity index is 2.23. The molecule has 16 heavy (non-hydrogen) atoms. The molecule has 1 nitrogen and oxygen atoms in total. The van der Waals surface area contributed by atoms with Crippen LogP contribution in [-0.4, -0.2) is 4.57 Å². The lowest BCUT2D eigenvalue weighted by atomic mass is 10.1. The topological polar surface area (TPSA) is 4.93 Å². The van der Waals surface area contributed by atoms with Crippen molar-refractivity contribution in [1.82, 2.24) is 4.57 Å². The van der Waals surface area contributed by atoms with Gasteiger partial charge >= 0.3 is 0 Å². The third-order valence-electron chi connectivity index (χ3n) is 2.74. The van der Waals surface area contributed by atoms with Crippen LogP contribution in [0.5, 0.6) is 0 Å². The van der Waals surface area contributed by atoms with Crippen LogP contribution in [0.15, 0.2) is 24.3 Å². The molecule has 3 heteroatoms. The summed E-state index contributed by atoms with van der Waals surface area (Å²) >= 11 is 7.13. The van der Waals surface area contributed by atoms with Gasteiger partial charge in [0.25, 0.3) is 0 Å². The number of aromatic nitrogens is 1. The molecule has 86 valence electrons. The van der Waals surface area contributed by atoms with Gasteiger partial charge in [0.05, 0.1) is 10.2 Å². The molecule has 1 heterocycles. The minimum atomic E-state index is 0.777. The predicted octanol–water partition coefficient (Wildman–Crippen LogP) is 4.87. The fourth-order valence-electron chi connectivity index (χ4n) is 1.88. The highest BCUT2D eigenvalue weighted by Gasteiger charge is 2.04. The van der Waals surface area contributed by atoms with Crippen molar-refractivity contribution in [3.05, 3.63) is 28.2 Å². The quantitative estimate of drug-likeness (QED) is 0.702. The monoisotopic (exact) mass is 251 g/mol. The number of thiazole rings is 1. The minimum absolute atomic E-state index is 0.777. The molecule has 0 aliphatic rings. The van der Waals surface area contributed by atoms with E-state index in [1.54, 1.807) is 11.3 Å². The molecule has 1 aromatic heterocycles. The molecule has 0 spiro atoms. The van der Waals surface area contributed by atoms with Crippen molar-refractivity contribution in [2.75, 3.05) is 0 Å². The number of aryl methyl sites for hydroxylation is 1. The Morgan fingerprint density at radius 1 is 1.31 bits per heavy atom. The van der Waals surface area contributed by atoms with E-state index in [2.05, 4.69) is 42.7 Å². The molecule has 0 radical (unpaired) electrons. The summed E-state index contributed by atoms with van der Waals surface area (Å²) < 4.78 is 4.58. The maximum Gasteiger partial charge on any atom is 0.162 e. The summed E-state index contributed by atoms with van der Waals surface area (Å²) in [4.78, 5) is 0. The zero-order valence-corrected chi connectivity index (χ0v) is 11.4. The number of hydrogen-bond acceptors (Lipinski definition) is 2. The maximum atomic E-state index is 5.41. The normalized spacial score (nSPS) is 11.4. The molecule has 0 N–H and O–H groups in total. The molecule has 2 aromatic rings. The first-order valence-corrected chi connectivity index (χ1v) is 6.99. The first-order valence-electron chi connectivity index (χ1n) is 5.77. The smallest absolute Gasteiger partial charge is 0.162 e. The highest BCUT2D eigenvalue weighted by Crippen LogP contribution is 2.23. The summed E-state index contributed by atoms with van der Waals surface area (Å²) in [6, 6.07) is 8.47. The highest BCUT2D eigenvalue weighted by molar-refractivity contribution is 7.73. The van der Waals surface area contributed by atoms with Crippen molar-refractivity contribution >= 4 is 33.8 Å². The third kappa shape index (κ3) is 2.53. The van der Waals surface area contributed by atoms with Crippen LogP contribution in [0, 0.1) is 9.87 Å². The van der Waals surface area contributed by atoms with Crippen molar-refractivity contribution in [1.29, 1.82) is 0 Å². The molecule has 0 aliphatic carbocycles. The Labute approximate surface area is 106 Å². The first kappa shape index (κ1) is 11.8. The molecular formula is C13H17NS2. The van der Waals surface area contributed by atoms with Gasteiger partial charge in [-0.15, -0.1) is 11.3 Å². The van der Waals surface area contributed by atoms with Gasteiger partial charge in [-0.2, -0.15) is 0 Å². The number of para-hydroxylation sites is 1. The molecule has 0 saturated carbocycles. The molecule has 0 unspecified atom stereocenters. The molecule has 0 fully saturated rings. The van der Waals surface area contributed by atoms with Crippen molar-refractivity contribution in [2.24, 2.45) is 5.92 Å². The Hall–Kier alpha value is -0.670. The molecule has 0 atom stereocenters. The maximum absolute atomic E-state index is 5.41. The van der Waals surface area contributed by atoms with E-state index in [4.69, 9.17) is 12.2 Å². The summed E-state index contributed by atoms with van der Waals surface area (Å²) in [5.74, 6) is 0.777. The van der Waals surface area contributed by atoms with Gasteiger partial charge in [-0.25, -0.2) is 0 Å². The van der Waals surface area contributed by atoms with Crippen LogP contribution in [0.1, 0.15) is 26.7 Å². The minimum Gasteiger partial charge on any atom is -0.323 e. The van der Waals surface area contributed by atoms with E-state index in [1.165, 1.54) is 23.1 Å². The number of benzene rings is 1. The summed E-state index contributed by atoms with van der Waals surface area (Å²) in [5, 5.41) is 0. The van der Waals surface area contributed by atoms with Crippen LogP contribution in [0.3, 0.4) is 0 Å². The molecule has 0 bridgehead atoms. The van der Waals surface area contributed by atoms with E-state index in [0.29, 0.717) is 0 Å². The SMILES string of the molecule is CC(C)CCCn1c(=S)sc2ccccc21. The van der Waals surface area contributed by atoms with Crippen LogP contribution in [0.2, 0.25) is 0 Å². The van der Waals surface area contributed by atoms with Gasteiger partial charge in [0.15, 0.2) is 3.95 Å². The van der Waals surface area contributed by atoms with Crippen molar-refractivity contribution in [2.45, 2.75) is 33.2 Å². The predicted molar refractivity (Wildman–Crippen MR) is 74.7 cm³/mol. The van der Waals surface area contributed by atoms with Gasteiger partial charge in [0.1, 0.15) is 0 Å². The van der Waals surface area contributed by atoms with Crippen LogP contribution < -0.4 is 0 Å². The Bertz CT molecular complexity index is 522. The molecular weight excluding hydrogens is 234 g/mol. The average molecular weight is 251 g/mol. The number of hydrogen-bond donors (Lipinski definition) is 0. The Morgan fingerprint density at radius 2 is 2.06 bits per heavy atom. The van der Waals surface area contributed by atoms with E-state index in [0.717, 1.165) is 16.4 Å². The molecule has 2 rings (SSSR count). The second-order valence-electron chi connectivity index (χ2n) is 4.52. The van der Waals surface area contributed by atoms with E-state index in [9.17, 15) is 0 Å². The lowest BCUT2D eigenvalue weighted by molar-refractivity contribution is 0.517. The first-order chi connectivity index (χ1) is 7.68. The summed E-state index contributed by atoms with van der Waals surface area (Å²) in [7, 11) is 0. The standard InChI is InChI=1S/C13H17NS2/c1-10(2)6-5-9-14-11-7-3-4-8-12(11)16-13(14)15/h3-4,7-8,10H,5-6,9H2,1-2H3. The summed E-state index contributed by atoms with van der Waals surface area (Å²) in [6.45, 7) is 5.59. The zero-order valence-electron chi connectivity index (χ0n) is 9.77. The number of fused-ring (bicyclic) bond motifs is 1. The third-order valence-corrected chi connectivity index (χ3v) is 4.17.